The smallest absolute Gasteiger partial charge is 0.247 e. The minimum atomic E-state index is -1.01. The predicted molar refractivity (Wildman–Crippen MR) is 156 cm³/mol. The number of para-hydroxylation sites is 1. The lowest BCUT2D eigenvalue weighted by atomic mass is 9.94. The molecule has 220 valence electrons. The largest absolute Gasteiger partial charge is 0.493 e. The molecule has 0 bridgehead atoms. The number of nitrogens with zero attached hydrogens (tertiary/aromatic N) is 5. The molecule has 4 aromatic rings. The van der Waals surface area contributed by atoms with Gasteiger partial charge in [-0.1, -0.05) is 42.7 Å². The van der Waals surface area contributed by atoms with E-state index in [4.69, 9.17) is 14.2 Å². The first-order valence-corrected chi connectivity index (χ1v) is 14.1. The summed E-state index contributed by atoms with van der Waals surface area (Å²) in [5, 5.41) is 11.7. The molecule has 2 heterocycles. The van der Waals surface area contributed by atoms with Crippen LogP contribution in [0.3, 0.4) is 0 Å². The summed E-state index contributed by atoms with van der Waals surface area (Å²) in [7, 11) is 4.56. The third kappa shape index (κ3) is 6.29. The van der Waals surface area contributed by atoms with Crippen molar-refractivity contribution >= 4 is 22.8 Å². The maximum absolute atomic E-state index is 14.3. The number of ether oxygens (including phenoxy) is 3. The Balaban J connectivity index is 1.59. The van der Waals surface area contributed by atoms with E-state index >= 15 is 0 Å². The van der Waals surface area contributed by atoms with Gasteiger partial charge in [-0.05, 0) is 54.3 Å². The van der Waals surface area contributed by atoms with Gasteiger partial charge in [0.2, 0.25) is 17.6 Å². The monoisotopic (exact) mass is 572 g/mol. The average Bonchev–Trinajstić information content (AvgIpc) is 3.43. The summed E-state index contributed by atoms with van der Waals surface area (Å²) in [6.07, 6.45) is 8.42. The van der Waals surface area contributed by atoms with E-state index in [2.05, 4.69) is 20.6 Å². The molecule has 11 nitrogen and oxygen atoms in total. The summed E-state index contributed by atoms with van der Waals surface area (Å²) >= 11 is 0. The third-order valence-corrected chi connectivity index (χ3v) is 7.62. The van der Waals surface area contributed by atoms with Crippen LogP contribution in [0.5, 0.6) is 17.2 Å². The lowest BCUT2D eigenvalue weighted by Gasteiger charge is -2.34. The second-order valence-corrected chi connectivity index (χ2v) is 10.3. The molecule has 0 radical (unpaired) electrons. The van der Waals surface area contributed by atoms with Crippen LogP contribution in [0.15, 0.2) is 60.9 Å². The Morgan fingerprint density at radius 2 is 1.74 bits per heavy atom. The van der Waals surface area contributed by atoms with Crippen LogP contribution in [0.1, 0.15) is 49.3 Å². The van der Waals surface area contributed by atoms with Gasteiger partial charge in [-0.3, -0.25) is 14.6 Å². The number of pyridine rings is 1. The second kappa shape index (κ2) is 13.3. The molecule has 0 spiro atoms. The number of nitrogens with one attached hydrogen (secondary N) is 1. The van der Waals surface area contributed by atoms with Crippen LogP contribution in [0.2, 0.25) is 0 Å². The molecule has 11 heteroatoms. The topological polar surface area (TPSA) is 121 Å². The maximum atomic E-state index is 14.3. The molecule has 1 aliphatic rings. The van der Waals surface area contributed by atoms with Crippen molar-refractivity contribution in [1.82, 2.24) is 30.2 Å². The summed E-state index contributed by atoms with van der Waals surface area (Å²) in [6, 6.07) is 13.6. The minimum absolute atomic E-state index is 0.0328. The fourth-order valence-corrected chi connectivity index (χ4v) is 5.52. The molecular formula is C31H36N6O5. The molecule has 2 aromatic carbocycles. The Morgan fingerprint density at radius 1 is 1.00 bits per heavy atom. The van der Waals surface area contributed by atoms with Crippen molar-refractivity contribution in [3.05, 3.63) is 72.1 Å². The van der Waals surface area contributed by atoms with Gasteiger partial charge in [0.1, 0.15) is 18.1 Å². The summed E-state index contributed by atoms with van der Waals surface area (Å²) in [6.45, 7) is 0.0249. The number of aromatic nitrogens is 4. The standard InChI is InChI=1S/C31H36N6O5/c1-40-26-16-22(17-27(41-2)30(26)42-3)29(31(39)33-23-11-5-4-6-12-23)36(19-21-10-9-15-32-18-21)28(38)20-37-25-14-8-7-13-24(25)34-35-37/h7-10,13-18,23,29H,4-6,11-12,19-20H2,1-3H3,(H,33,39)/t29-/m1/s1. The van der Waals surface area contributed by atoms with E-state index in [-0.39, 0.29) is 30.9 Å². The number of carbonyl (C=O) groups is 2. The number of hydrogen-bond donors (Lipinski definition) is 1. The molecule has 1 saturated carbocycles. The second-order valence-electron chi connectivity index (χ2n) is 10.3. The van der Waals surface area contributed by atoms with Crippen molar-refractivity contribution in [3.8, 4) is 17.2 Å². The van der Waals surface area contributed by atoms with E-state index in [1.54, 1.807) is 40.2 Å². The van der Waals surface area contributed by atoms with Crippen molar-refractivity contribution in [2.24, 2.45) is 0 Å². The molecule has 0 aliphatic heterocycles. The summed E-state index contributed by atoms with van der Waals surface area (Å²) in [5.74, 6) is 0.579. The Bertz CT molecular complexity index is 1490. The Kier molecular flexibility index (Phi) is 9.15. The minimum Gasteiger partial charge on any atom is -0.493 e. The zero-order valence-corrected chi connectivity index (χ0v) is 24.2. The molecule has 1 aliphatic carbocycles. The highest BCUT2D eigenvalue weighted by molar-refractivity contribution is 5.90. The summed E-state index contributed by atoms with van der Waals surface area (Å²) in [5.41, 5.74) is 2.71. The fraction of sp³-hybridized carbons (Fsp3) is 0.387. The van der Waals surface area contributed by atoms with Gasteiger partial charge < -0.3 is 24.4 Å². The van der Waals surface area contributed by atoms with Crippen LogP contribution in [0.25, 0.3) is 11.0 Å². The van der Waals surface area contributed by atoms with Gasteiger partial charge in [0.15, 0.2) is 11.5 Å². The Labute approximate surface area is 244 Å². The molecular weight excluding hydrogens is 536 g/mol. The van der Waals surface area contributed by atoms with Gasteiger partial charge >= 0.3 is 0 Å². The lowest BCUT2D eigenvalue weighted by molar-refractivity contribution is -0.142. The van der Waals surface area contributed by atoms with E-state index in [0.29, 0.717) is 28.3 Å². The lowest BCUT2D eigenvalue weighted by Crippen LogP contribution is -2.47. The molecule has 0 saturated heterocycles. The molecule has 2 aromatic heterocycles. The number of carbonyl (C=O) groups excluding carboxylic acids is 2. The van der Waals surface area contributed by atoms with E-state index in [9.17, 15) is 9.59 Å². The molecule has 5 rings (SSSR count). The van der Waals surface area contributed by atoms with Crippen LogP contribution in [0, 0.1) is 0 Å². The van der Waals surface area contributed by atoms with Gasteiger partial charge in [-0.15, -0.1) is 5.10 Å². The van der Waals surface area contributed by atoms with Gasteiger partial charge in [0.05, 0.1) is 26.8 Å². The third-order valence-electron chi connectivity index (χ3n) is 7.62. The average molecular weight is 573 g/mol. The van der Waals surface area contributed by atoms with Crippen LogP contribution >= 0.6 is 0 Å². The number of fused-ring (bicyclic) bond motifs is 1. The van der Waals surface area contributed by atoms with Crippen LogP contribution in [-0.4, -0.2) is 64.1 Å². The maximum Gasteiger partial charge on any atom is 0.247 e. The SMILES string of the molecule is COc1cc([C@H](C(=O)NC2CCCCC2)N(Cc2cccnc2)C(=O)Cn2nnc3ccccc32)cc(OC)c1OC. The highest BCUT2D eigenvalue weighted by Crippen LogP contribution is 2.41. The Morgan fingerprint density at radius 3 is 2.40 bits per heavy atom. The van der Waals surface area contributed by atoms with E-state index in [0.717, 1.165) is 43.2 Å². The zero-order valence-electron chi connectivity index (χ0n) is 24.2. The first-order valence-electron chi connectivity index (χ1n) is 14.1. The summed E-state index contributed by atoms with van der Waals surface area (Å²) in [4.78, 5) is 34.3. The van der Waals surface area contributed by atoms with Crippen LogP contribution in [0.4, 0.5) is 0 Å². The molecule has 42 heavy (non-hydrogen) atoms. The molecule has 1 fully saturated rings. The molecule has 1 atom stereocenters. The van der Waals surface area contributed by atoms with Gasteiger partial charge in [-0.2, -0.15) is 0 Å². The molecule has 1 N–H and O–H groups in total. The number of methoxy groups -OCH3 is 3. The predicted octanol–water partition coefficient (Wildman–Crippen LogP) is 4.07. The molecule has 2 amide bonds. The number of hydrogen-bond acceptors (Lipinski definition) is 8. The normalized spacial score (nSPS) is 14.3. The first-order chi connectivity index (χ1) is 20.5. The van der Waals surface area contributed by atoms with Crippen molar-refractivity contribution in [1.29, 1.82) is 0 Å². The van der Waals surface area contributed by atoms with Crippen LogP contribution < -0.4 is 19.5 Å². The van der Waals surface area contributed by atoms with E-state index < -0.39 is 6.04 Å². The highest BCUT2D eigenvalue weighted by Gasteiger charge is 2.35. The molecule has 0 unspecified atom stereocenters. The quantitative estimate of drug-likeness (QED) is 0.286. The fourth-order valence-electron chi connectivity index (χ4n) is 5.52. The van der Waals surface area contributed by atoms with E-state index in [1.807, 2.05) is 30.3 Å². The van der Waals surface area contributed by atoms with Crippen molar-refractivity contribution < 1.29 is 23.8 Å². The van der Waals surface area contributed by atoms with Crippen molar-refractivity contribution in [2.45, 2.75) is 57.3 Å². The number of rotatable bonds is 11. The van der Waals surface area contributed by atoms with Crippen molar-refractivity contribution in [3.63, 3.8) is 0 Å². The van der Waals surface area contributed by atoms with Gasteiger partial charge in [-0.25, -0.2) is 4.68 Å². The van der Waals surface area contributed by atoms with Gasteiger partial charge in [0, 0.05) is 25.0 Å². The first kappa shape index (κ1) is 28.8. The Hall–Kier alpha value is -4.67. The zero-order chi connectivity index (χ0) is 29.5. The summed E-state index contributed by atoms with van der Waals surface area (Å²) < 4.78 is 18.3. The van der Waals surface area contributed by atoms with Gasteiger partial charge in [0.25, 0.3) is 0 Å². The number of benzene rings is 2. The van der Waals surface area contributed by atoms with E-state index in [1.165, 1.54) is 21.3 Å². The highest BCUT2D eigenvalue weighted by atomic mass is 16.5. The number of amides is 2. The van der Waals surface area contributed by atoms with Crippen LogP contribution in [-0.2, 0) is 22.7 Å². The van der Waals surface area contributed by atoms with Crippen molar-refractivity contribution in [2.75, 3.05) is 21.3 Å².